The van der Waals surface area contributed by atoms with Gasteiger partial charge in [0.1, 0.15) is 0 Å². The van der Waals surface area contributed by atoms with Crippen LogP contribution in [0.2, 0.25) is 0 Å². The molecule has 226 valence electrons. The highest BCUT2D eigenvalue weighted by Gasteiger charge is 2.36. The van der Waals surface area contributed by atoms with E-state index in [0.717, 1.165) is 27.9 Å². The number of benzene rings is 4. The maximum Gasteiger partial charge on any atom is 0.261 e. The standard InChI is InChI=1S/C34H29N5O5S/c40-20-23-12-14-24(15-13-23)30-18-27(21-45-34-35-36-37-39(34)26-6-2-1-3-7-26)43-33(44-30)25-16-10-22(11-17-25)19-38-31(41)28-8-4-5-9-29(28)32(38)42/h1-17,27,30,33,40H,18-21H2. The lowest BCUT2D eigenvalue weighted by Crippen LogP contribution is -2.31. The molecule has 10 nitrogen and oxygen atoms in total. The molecule has 3 heterocycles. The third-order valence-electron chi connectivity index (χ3n) is 7.93. The number of nitrogens with zero attached hydrogens (tertiary/aromatic N) is 5. The van der Waals surface area contributed by atoms with Crippen LogP contribution < -0.4 is 0 Å². The van der Waals surface area contributed by atoms with Gasteiger partial charge in [0.15, 0.2) is 6.29 Å². The number of aromatic nitrogens is 4. The number of hydrogen-bond donors (Lipinski definition) is 1. The Kier molecular flexibility index (Phi) is 8.23. The summed E-state index contributed by atoms with van der Waals surface area (Å²) >= 11 is 1.51. The Balaban J connectivity index is 1.08. The molecule has 5 aromatic rings. The third kappa shape index (κ3) is 6.03. The van der Waals surface area contributed by atoms with E-state index in [1.807, 2.05) is 78.9 Å². The molecule has 0 radical (unpaired) electrons. The summed E-state index contributed by atoms with van der Waals surface area (Å²) in [5.74, 6) is 0.0236. The van der Waals surface area contributed by atoms with Crippen LogP contribution in [0.3, 0.4) is 0 Å². The second-order valence-corrected chi connectivity index (χ2v) is 11.8. The Bertz CT molecular complexity index is 1780. The number of ether oxygens (including phenoxy) is 2. The molecule has 0 saturated carbocycles. The van der Waals surface area contributed by atoms with Gasteiger partial charge in [0.2, 0.25) is 5.16 Å². The first-order chi connectivity index (χ1) is 22.1. The number of rotatable bonds is 9. The number of fused-ring (bicyclic) bond motifs is 1. The number of para-hydroxylation sites is 1. The van der Waals surface area contributed by atoms with Crippen molar-refractivity contribution >= 4 is 23.6 Å². The van der Waals surface area contributed by atoms with E-state index in [1.165, 1.54) is 16.7 Å². The summed E-state index contributed by atoms with van der Waals surface area (Å²) in [6.07, 6.45) is -0.460. The second-order valence-electron chi connectivity index (χ2n) is 10.9. The topological polar surface area (TPSA) is 120 Å². The summed E-state index contributed by atoms with van der Waals surface area (Å²) < 4.78 is 14.7. The zero-order chi connectivity index (χ0) is 30.8. The summed E-state index contributed by atoms with van der Waals surface area (Å²) in [7, 11) is 0. The SMILES string of the molecule is O=C1c2ccccc2C(=O)N1Cc1ccc(C2OC(CSc3nnnn3-c3ccccc3)CC(c3ccc(CO)cc3)O2)cc1. The molecule has 1 N–H and O–H groups in total. The number of imide groups is 1. The second kappa shape index (κ2) is 12.7. The van der Waals surface area contributed by atoms with Gasteiger partial charge in [0, 0.05) is 17.7 Å². The smallest absolute Gasteiger partial charge is 0.261 e. The maximum absolute atomic E-state index is 12.9. The number of aliphatic hydroxyl groups excluding tert-OH is 1. The number of amides is 2. The summed E-state index contributed by atoms with van der Waals surface area (Å²) in [5.41, 5.74) is 5.20. The third-order valence-corrected chi connectivity index (χ3v) is 8.98. The summed E-state index contributed by atoms with van der Waals surface area (Å²) in [5, 5.41) is 22.4. The minimum Gasteiger partial charge on any atom is -0.392 e. The van der Waals surface area contributed by atoms with E-state index in [0.29, 0.717) is 28.5 Å². The normalized spacial score (nSPS) is 19.6. The van der Waals surface area contributed by atoms with Crippen molar-refractivity contribution in [1.29, 1.82) is 0 Å². The molecule has 0 aliphatic carbocycles. The number of carbonyl (C=O) groups excluding carboxylic acids is 2. The lowest BCUT2D eigenvalue weighted by molar-refractivity contribution is -0.245. The lowest BCUT2D eigenvalue weighted by Gasteiger charge is -2.36. The highest BCUT2D eigenvalue weighted by atomic mass is 32.2. The van der Waals surface area contributed by atoms with Gasteiger partial charge in [-0.05, 0) is 51.4 Å². The van der Waals surface area contributed by atoms with Crippen LogP contribution in [-0.2, 0) is 22.6 Å². The van der Waals surface area contributed by atoms with Crippen molar-refractivity contribution in [2.24, 2.45) is 0 Å². The van der Waals surface area contributed by atoms with E-state index in [1.54, 1.807) is 28.9 Å². The van der Waals surface area contributed by atoms with Gasteiger partial charge in [-0.3, -0.25) is 14.5 Å². The van der Waals surface area contributed by atoms with Gasteiger partial charge in [0.05, 0.1) is 42.2 Å². The minimum absolute atomic E-state index is 0.0278. The van der Waals surface area contributed by atoms with Crippen molar-refractivity contribution in [2.75, 3.05) is 5.75 Å². The van der Waals surface area contributed by atoms with Gasteiger partial charge in [-0.25, -0.2) is 0 Å². The Labute approximate surface area is 263 Å². The van der Waals surface area contributed by atoms with E-state index in [2.05, 4.69) is 15.5 Å². The van der Waals surface area contributed by atoms with Gasteiger partial charge < -0.3 is 14.6 Å². The molecule has 0 spiro atoms. The zero-order valence-electron chi connectivity index (χ0n) is 24.1. The first-order valence-electron chi connectivity index (χ1n) is 14.6. The van der Waals surface area contributed by atoms with Gasteiger partial charge in [-0.15, -0.1) is 5.10 Å². The van der Waals surface area contributed by atoms with E-state index in [9.17, 15) is 14.7 Å². The fourth-order valence-corrected chi connectivity index (χ4v) is 6.44. The fraction of sp³-hybridized carbons (Fsp3) is 0.206. The number of tetrazole rings is 1. The summed E-state index contributed by atoms with van der Waals surface area (Å²) in [4.78, 5) is 27.0. The average Bonchev–Trinajstić information content (AvgIpc) is 3.67. The van der Waals surface area contributed by atoms with Gasteiger partial charge in [0.25, 0.3) is 11.8 Å². The number of aliphatic hydroxyl groups is 1. The highest BCUT2D eigenvalue weighted by Crippen LogP contribution is 2.39. The Hall–Kier alpha value is -4.68. The predicted molar refractivity (Wildman–Crippen MR) is 165 cm³/mol. The van der Waals surface area contributed by atoms with E-state index < -0.39 is 6.29 Å². The molecule has 1 aromatic heterocycles. The van der Waals surface area contributed by atoms with E-state index in [4.69, 9.17) is 9.47 Å². The molecule has 4 aromatic carbocycles. The molecule has 2 amide bonds. The first kappa shape index (κ1) is 29.1. The van der Waals surface area contributed by atoms with E-state index in [-0.39, 0.29) is 37.2 Å². The fourth-order valence-electron chi connectivity index (χ4n) is 5.54. The van der Waals surface area contributed by atoms with Gasteiger partial charge in [-0.1, -0.05) is 90.6 Å². The number of hydrogen-bond acceptors (Lipinski definition) is 9. The monoisotopic (exact) mass is 619 g/mol. The molecule has 3 atom stereocenters. The minimum atomic E-state index is -0.648. The largest absolute Gasteiger partial charge is 0.392 e. The van der Waals surface area contributed by atoms with Crippen LogP contribution in [0.1, 0.15) is 61.8 Å². The molecule has 0 bridgehead atoms. The molecular formula is C34H29N5O5S. The van der Waals surface area contributed by atoms with Crippen LogP contribution in [0.15, 0.2) is 108 Å². The van der Waals surface area contributed by atoms with Crippen LogP contribution in [0, 0.1) is 0 Å². The molecule has 2 aliphatic heterocycles. The molecular weight excluding hydrogens is 590 g/mol. The van der Waals surface area contributed by atoms with Crippen LogP contribution in [0.5, 0.6) is 0 Å². The van der Waals surface area contributed by atoms with Crippen molar-refractivity contribution in [1.82, 2.24) is 25.1 Å². The van der Waals surface area contributed by atoms with Crippen molar-refractivity contribution in [3.63, 3.8) is 0 Å². The predicted octanol–water partition coefficient (Wildman–Crippen LogP) is 5.29. The summed E-state index contributed by atoms with van der Waals surface area (Å²) in [6.45, 7) is 0.147. The van der Waals surface area contributed by atoms with Gasteiger partial charge in [-0.2, -0.15) is 4.68 Å². The van der Waals surface area contributed by atoms with Crippen molar-refractivity contribution in [2.45, 2.75) is 43.2 Å². The summed E-state index contributed by atoms with van der Waals surface area (Å²) in [6, 6.07) is 32.0. The number of carbonyl (C=O) groups is 2. The number of thioether (sulfide) groups is 1. The molecule has 1 saturated heterocycles. The van der Waals surface area contributed by atoms with Crippen LogP contribution in [0.25, 0.3) is 5.69 Å². The van der Waals surface area contributed by atoms with Crippen molar-refractivity contribution in [3.05, 3.63) is 137 Å². The average molecular weight is 620 g/mol. The molecule has 7 rings (SSSR count). The van der Waals surface area contributed by atoms with E-state index >= 15 is 0 Å². The Morgan fingerprint density at radius 2 is 1.42 bits per heavy atom. The Morgan fingerprint density at radius 1 is 0.778 bits per heavy atom. The van der Waals surface area contributed by atoms with Crippen molar-refractivity contribution < 1.29 is 24.2 Å². The van der Waals surface area contributed by atoms with Crippen LogP contribution in [-0.4, -0.2) is 53.9 Å². The zero-order valence-corrected chi connectivity index (χ0v) is 24.9. The Morgan fingerprint density at radius 3 is 2.11 bits per heavy atom. The molecule has 3 unspecified atom stereocenters. The first-order valence-corrected chi connectivity index (χ1v) is 15.6. The highest BCUT2D eigenvalue weighted by molar-refractivity contribution is 7.99. The molecule has 1 fully saturated rings. The molecule has 11 heteroatoms. The van der Waals surface area contributed by atoms with Gasteiger partial charge >= 0.3 is 0 Å². The molecule has 45 heavy (non-hydrogen) atoms. The van der Waals surface area contributed by atoms with Crippen LogP contribution >= 0.6 is 11.8 Å². The quantitative estimate of drug-likeness (QED) is 0.173. The molecule has 2 aliphatic rings. The lowest BCUT2D eigenvalue weighted by atomic mass is 10.0. The van der Waals surface area contributed by atoms with Crippen molar-refractivity contribution in [3.8, 4) is 5.69 Å². The van der Waals surface area contributed by atoms with Crippen LogP contribution in [0.4, 0.5) is 0 Å². The maximum atomic E-state index is 12.9.